The van der Waals surface area contributed by atoms with Gasteiger partial charge < -0.3 is 15.7 Å². The van der Waals surface area contributed by atoms with Crippen molar-refractivity contribution in [2.24, 2.45) is 16.8 Å². The van der Waals surface area contributed by atoms with Crippen molar-refractivity contribution in [2.75, 3.05) is 7.05 Å². The normalized spacial score (nSPS) is 11.8. The third kappa shape index (κ3) is 3.40. The fourth-order valence-corrected chi connectivity index (χ4v) is 2.69. The summed E-state index contributed by atoms with van der Waals surface area (Å²) in [6, 6.07) is 10.8. The first-order valence-electron chi connectivity index (χ1n) is 7.67. The van der Waals surface area contributed by atoms with Gasteiger partial charge in [0, 0.05) is 7.05 Å². The SMILES string of the molecule is CN(N)/C(=N\N)n1c(OCc2cccc(CO)n2)nc2c(Cl)cccc21. The minimum Gasteiger partial charge on any atom is -0.458 e. The zero-order valence-corrected chi connectivity index (χ0v) is 14.8. The summed E-state index contributed by atoms with van der Waals surface area (Å²) in [5, 5.41) is 14.6. The Labute approximate surface area is 154 Å². The topological polar surface area (TPSA) is 128 Å². The molecule has 0 fully saturated rings. The first-order chi connectivity index (χ1) is 12.5. The highest BCUT2D eigenvalue weighted by atomic mass is 35.5. The standard InChI is InChI=1S/C16H18ClN7O2/c1-23(19)15(22-18)24-13-7-3-6-12(17)14(13)21-16(24)26-9-11-5-2-4-10(8-25)20-11/h2-7,25H,8-9,18-19H2,1H3/b22-15+. The summed E-state index contributed by atoms with van der Waals surface area (Å²) >= 11 is 6.24. The van der Waals surface area contributed by atoms with E-state index < -0.39 is 0 Å². The lowest BCUT2D eigenvalue weighted by Crippen LogP contribution is -2.39. The molecule has 0 saturated heterocycles. The van der Waals surface area contributed by atoms with E-state index in [1.54, 1.807) is 48.0 Å². The first-order valence-corrected chi connectivity index (χ1v) is 8.05. The summed E-state index contributed by atoms with van der Waals surface area (Å²) in [6.45, 7) is -0.0230. The molecule has 10 heteroatoms. The fraction of sp³-hybridized carbons (Fsp3) is 0.188. The number of hydrazine groups is 1. The minimum atomic E-state index is -0.149. The lowest BCUT2D eigenvalue weighted by Gasteiger charge is -2.17. The summed E-state index contributed by atoms with van der Waals surface area (Å²) in [5.41, 5.74) is 2.36. The lowest BCUT2D eigenvalue weighted by atomic mass is 10.3. The van der Waals surface area contributed by atoms with Gasteiger partial charge in [-0.1, -0.05) is 23.7 Å². The molecule has 26 heavy (non-hydrogen) atoms. The van der Waals surface area contributed by atoms with Crippen LogP contribution in [0.2, 0.25) is 5.02 Å². The minimum absolute atomic E-state index is 0.126. The van der Waals surface area contributed by atoms with Crippen molar-refractivity contribution < 1.29 is 9.84 Å². The van der Waals surface area contributed by atoms with Gasteiger partial charge in [0.2, 0.25) is 5.96 Å². The van der Waals surface area contributed by atoms with E-state index in [1.165, 1.54) is 5.01 Å². The maximum atomic E-state index is 9.20. The molecule has 3 aromatic rings. The van der Waals surface area contributed by atoms with Crippen LogP contribution in [0.15, 0.2) is 41.5 Å². The molecule has 136 valence electrons. The molecule has 0 aliphatic heterocycles. The number of hydrogen-bond donors (Lipinski definition) is 3. The Hall–Kier alpha value is -2.88. The molecule has 9 nitrogen and oxygen atoms in total. The number of nitrogens with two attached hydrogens (primary N) is 2. The van der Waals surface area contributed by atoms with Crippen LogP contribution >= 0.6 is 11.6 Å². The summed E-state index contributed by atoms with van der Waals surface area (Å²) in [4.78, 5) is 8.71. The van der Waals surface area contributed by atoms with Gasteiger partial charge in [0.25, 0.3) is 0 Å². The quantitative estimate of drug-likeness (QED) is 0.269. The van der Waals surface area contributed by atoms with E-state index in [1.807, 2.05) is 0 Å². The second-order valence-corrected chi connectivity index (χ2v) is 5.85. The van der Waals surface area contributed by atoms with Crippen LogP contribution in [0, 0.1) is 0 Å². The highest BCUT2D eigenvalue weighted by Crippen LogP contribution is 2.28. The van der Waals surface area contributed by atoms with Crippen LogP contribution in [-0.4, -0.2) is 37.7 Å². The largest absolute Gasteiger partial charge is 0.458 e. The Balaban J connectivity index is 2.02. The van der Waals surface area contributed by atoms with Crippen LogP contribution in [0.3, 0.4) is 0 Å². The number of imidazole rings is 1. The van der Waals surface area contributed by atoms with Gasteiger partial charge in [-0.05, 0) is 24.3 Å². The zero-order valence-electron chi connectivity index (χ0n) is 14.0. The Bertz CT molecular complexity index is 955. The summed E-state index contributed by atoms with van der Waals surface area (Å²) in [5.74, 6) is 11.5. The van der Waals surface area contributed by atoms with Crippen LogP contribution in [0.25, 0.3) is 11.0 Å². The van der Waals surface area contributed by atoms with E-state index in [0.717, 1.165) is 0 Å². The Morgan fingerprint density at radius 3 is 2.69 bits per heavy atom. The van der Waals surface area contributed by atoms with Crippen LogP contribution in [0.4, 0.5) is 0 Å². The number of aliphatic hydroxyl groups is 1. The second-order valence-electron chi connectivity index (χ2n) is 5.44. The van der Waals surface area contributed by atoms with Gasteiger partial charge in [-0.25, -0.2) is 10.4 Å². The smallest absolute Gasteiger partial charge is 0.305 e. The number of ether oxygens (including phenoxy) is 1. The number of rotatable bonds is 4. The number of hydrogen-bond acceptors (Lipinski definition) is 7. The molecule has 0 unspecified atom stereocenters. The number of benzene rings is 1. The van der Waals surface area contributed by atoms with Crippen molar-refractivity contribution in [3.8, 4) is 6.01 Å². The Kier molecular flexibility index (Phi) is 5.21. The van der Waals surface area contributed by atoms with Crippen molar-refractivity contribution in [2.45, 2.75) is 13.2 Å². The molecule has 0 radical (unpaired) electrons. The number of hydrazone groups is 1. The number of halogens is 1. The molecule has 0 spiro atoms. The highest BCUT2D eigenvalue weighted by Gasteiger charge is 2.20. The van der Waals surface area contributed by atoms with Gasteiger partial charge in [0.1, 0.15) is 12.1 Å². The van der Waals surface area contributed by atoms with E-state index in [4.69, 9.17) is 28.0 Å². The number of fused-ring (bicyclic) bond motifs is 1. The molecule has 5 N–H and O–H groups in total. The first kappa shape index (κ1) is 17.9. The number of aliphatic hydroxyl groups excluding tert-OH is 1. The lowest BCUT2D eigenvalue weighted by molar-refractivity contribution is 0.264. The van der Waals surface area contributed by atoms with Crippen molar-refractivity contribution in [3.05, 3.63) is 52.8 Å². The molecule has 0 saturated carbocycles. The molecule has 3 rings (SSSR count). The van der Waals surface area contributed by atoms with Crippen LogP contribution in [0.1, 0.15) is 11.4 Å². The summed E-state index contributed by atoms with van der Waals surface area (Å²) < 4.78 is 7.39. The molecule has 0 aliphatic rings. The Morgan fingerprint density at radius 1 is 1.27 bits per heavy atom. The van der Waals surface area contributed by atoms with Crippen molar-refractivity contribution >= 4 is 28.6 Å². The number of aromatic nitrogens is 3. The van der Waals surface area contributed by atoms with E-state index in [2.05, 4.69) is 15.1 Å². The average Bonchev–Trinajstić information content (AvgIpc) is 3.00. The van der Waals surface area contributed by atoms with Gasteiger partial charge in [-0.3, -0.25) is 9.99 Å². The molecule has 0 aliphatic carbocycles. The summed E-state index contributed by atoms with van der Waals surface area (Å²) in [6.07, 6.45) is 0. The molecule has 1 aromatic carbocycles. The van der Waals surface area contributed by atoms with Crippen molar-refractivity contribution in [1.29, 1.82) is 0 Å². The maximum absolute atomic E-state index is 9.20. The molecule has 2 aromatic heterocycles. The van der Waals surface area contributed by atoms with Crippen LogP contribution < -0.4 is 16.4 Å². The van der Waals surface area contributed by atoms with E-state index in [0.29, 0.717) is 27.4 Å². The van der Waals surface area contributed by atoms with Crippen LogP contribution in [0.5, 0.6) is 6.01 Å². The maximum Gasteiger partial charge on any atom is 0.305 e. The molecular formula is C16H18ClN7O2. The third-order valence-electron chi connectivity index (χ3n) is 3.61. The van der Waals surface area contributed by atoms with Gasteiger partial charge in [0.15, 0.2) is 0 Å². The monoisotopic (exact) mass is 375 g/mol. The number of para-hydroxylation sites is 1. The van der Waals surface area contributed by atoms with Crippen molar-refractivity contribution in [3.63, 3.8) is 0 Å². The molecule has 0 bridgehead atoms. The van der Waals surface area contributed by atoms with Crippen LogP contribution in [-0.2, 0) is 13.2 Å². The molecule has 2 heterocycles. The van der Waals surface area contributed by atoms with Gasteiger partial charge in [0.05, 0.1) is 28.5 Å². The Morgan fingerprint density at radius 2 is 2.00 bits per heavy atom. The zero-order chi connectivity index (χ0) is 18.7. The second kappa shape index (κ2) is 7.56. The third-order valence-corrected chi connectivity index (χ3v) is 3.92. The van der Waals surface area contributed by atoms with Gasteiger partial charge >= 0.3 is 6.01 Å². The predicted molar refractivity (Wildman–Crippen MR) is 98.2 cm³/mol. The molecular weight excluding hydrogens is 358 g/mol. The highest BCUT2D eigenvalue weighted by molar-refractivity contribution is 6.35. The fourth-order valence-electron chi connectivity index (χ4n) is 2.48. The summed E-state index contributed by atoms with van der Waals surface area (Å²) in [7, 11) is 1.60. The number of nitrogens with zero attached hydrogens (tertiary/aromatic N) is 5. The van der Waals surface area contributed by atoms with Crippen molar-refractivity contribution in [1.82, 2.24) is 19.5 Å². The average molecular weight is 376 g/mol. The molecule has 0 amide bonds. The number of pyridine rings is 1. The van der Waals surface area contributed by atoms with E-state index in [9.17, 15) is 5.11 Å². The van der Waals surface area contributed by atoms with Gasteiger partial charge in [-0.2, -0.15) is 4.98 Å². The van der Waals surface area contributed by atoms with E-state index in [-0.39, 0.29) is 25.2 Å². The predicted octanol–water partition coefficient (Wildman–Crippen LogP) is 1.04. The van der Waals surface area contributed by atoms with E-state index >= 15 is 0 Å². The van der Waals surface area contributed by atoms with Gasteiger partial charge in [-0.15, -0.1) is 5.10 Å². The molecule has 0 atom stereocenters.